The van der Waals surface area contributed by atoms with E-state index >= 15 is 0 Å². The van der Waals surface area contributed by atoms with E-state index < -0.39 is 11.6 Å². The van der Waals surface area contributed by atoms with Crippen LogP contribution in [0.15, 0.2) is 16.7 Å². The van der Waals surface area contributed by atoms with Gasteiger partial charge in [0.1, 0.15) is 5.69 Å². The molecule has 2 aromatic rings. The van der Waals surface area contributed by atoms with Crippen molar-refractivity contribution in [3.63, 3.8) is 0 Å². The minimum Gasteiger partial charge on any atom is -0.465 e. The number of rotatable bonds is 3. The van der Waals surface area contributed by atoms with Crippen molar-refractivity contribution in [3.05, 3.63) is 23.4 Å². The highest BCUT2D eigenvalue weighted by atomic mass is 16.5. The van der Waals surface area contributed by atoms with Crippen LogP contribution in [0.3, 0.4) is 0 Å². The fourth-order valence-electron chi connectivity index (χ4n) is 4.35. The molecule has 1 aromatic carbocycles. The normalized spacial score (nSPS) is 22.9. The molecule has 2 amide bonds. The summed E-state index contributed by atoms with van der Waals surface area (Å²) in [5.41, 5.74) is 2.28. The molecule has 1 saturated heterocycles. The largest absolute Gasteiger partial charge is 0.465 e. The number of hydrogen-bond acceptors (Lipinski definition) is 4. The zero-order valence-corrected chi connectivity index (χ0v) is 14.2. The Hall–Kier alpha value is -2.57. The Bertz CT molecular complexity index is 855. The highest BCUT2D eigenvalue weighted by Crippen LogP contribution is 2.44. The second kappa shape index (κ2) is 5.75. The minimum atomic E-state index is -0.915. The monoisotopic (exact) mass is 343 g/mol. The summed E-state index contributed by atoms with van der Waals surface area (Å²) < 4.78 is 5.54. The van der Waals surface area contributed by atoms with E-state index in [0.717, 1.165) is 42.3 Å². The second-order valence-corrected chi connectivity index (χ2v) is 6.93. The number of fused-ring (bicyclic) bond motifs is 2. The average molecular weight is 343 g/mol. The van der Waals surface area contributed by atoms with E-state index in [1.807, 2.05) is 6.07 Å². The molecule has 7 heteroatoms. The summed E-state index contributed by atoms with van der Waals surface area (Å²) >= 11 is 0. The van der Waals surface area contributed by atoms with Crippen LogP contribution in [0.4, 0.5) is 10.5 Å². The van der Waals surface area contributed by atoms with Crippen LogP contribution in [0.25, 0.3) is 11.0 Å². The summed E-state index contributed by atoms with van der Waals surface area (Å²) in [4.78, 5) is 25.1. The first-order valence-corrected chi connectivity index (χ1v) is 8.78. The molecule has 0 radical (unpaired) electrons. The van der Waals surface area contributed by atoms with E-state index in [1.165, 1.54) is 4.90 Å². The third kappa shape index (κ3) is 2.37. The SMILES string of the molecule is CCCC1(c2noc3cc4c(cc23)CC(=O)N4)CCCCN1C(=O)O. The summed E-state index contributed by atoms with van der Waals surface area (Å²) in [6.45, 7) is 2.56. The zero-order valence-electron chi connectivity index (χ0n) is 14.2. The lowest BCUT2D eigenvalue weighted by Gasteiger charge is -2.44. The number of aromatic nitrogens is 1. The predicted octanol–water partition coefficient (Wildman–Crippen LogP) is 3.48. The number of anilines is 1. The van der Waals surface area contributed by atoms with Gasteiger partial charge in [-0.05, 0) is 37.3 Å². The van der Waals surface area contributed by atoms with E-state index in [0.29, 0.717) is 30.7 Å². The number of piperidine rings is 1. The Morgan fingerprint density at radius 2 is 2.28 bits per heavy atom. The molecule has 0 spiro atoms. The summed E-state index contributed by atoms with van der Waals surface area (Å²) in [6.07, 6.45) is 3.54. The highest BCUT2D eigenvalue weighted by Gasteiger charge is 2.46. The maximum atomic E-state index is 11.9. The van der Waals surface area contributed by atoms with Gasteiger partial charge < -0.3 is 14.9 Å². The van der Waals surface area contributed by atoms with Gasteiger partial charge >= 0.3 is 6.09 Å². The molecule has 1 aromatic heterocycles. The van der Waals surface area contributed by atoms with Crippen LogP contribution in [-0.2, 0) is 16.8 Å². The first-order valence-electron chi connectivity index (χ1n) is 8.78. The molecule has 7 nitrogen and oxygen atoms in total. The number of likely N-dealkylation sites (tertiary alicyclic amines) is 1. The van der Waals surface area contributed by atoms with Crippen LogP contribution < -0.4 is 5.32 Å². The van der Waals surface area contributed by atoms with E-state index in [2.05, 4.69) is 17.4 Å². The second-order valence-electron chi connectivity index (χ2n) is 6.93. The molecule has 1 unspecified atom stereocenters. The number of nitrogens with one attached hydrogen (secondary N) is 1. The van der Waals surface area contributed by atoms with Crippen LogP contribution in [-0.4, -0.2) is 33.7 Å². The molecular weight excluding hydrogens is 322 g/mol. The van der Waals surface area contributed by atoms with Gasteiger partial charge in [0.15, 0.2) is 5.58 Å². The maximum Gasteiger partial charge on any atom is 0.408 e. The Kier molecular flexibility index (Phi) is 3.67. The summed E-state index contributed by atoms with van der Waals surface area (Å²) in [7, 11) is 0. The molecule has 1 fully saturated rings. The van der Waals surface area contributed by atoms with Crippen LogP contribution in [0.2, 0.25) is 0 Å². The standard InChI is InChI=1S/C18H21N3O4/c1-2-5-18(6-3-4-7-21(18)17(23)24)16-12-8-11-9-15(22)19-13(11)10-14(12)25-20-16/h8,10H,2-7,9H2,1H3,(H,19,22)(H,23,24). The van der Waals surface area contributed by atoms with Gasteiger partial charge in [-0.1, -0.05) is 18.5 Å². The van der Waals surface area contributed by atoms with Crippen molar-refractivity contribution in [2.45, 2.75) is 51.0 Å². The first kappa shape index (κ1) is 15.9. The van der Waals surface area contributed by atoms with Gasteiger partial charge in [0, 0.05) is 23.7 Å². The third-order valence-corrected chi connectivity index (χ3v) is 5.39. The summed E-state index contributed by atoms with van der Waals surface area (Å²) in [6, 6.07) is 3.72. The van der Waals surface area contributed by atoms with Gasteiger partial charge in [-0.25, -0.2) is 4.79 Å². The minimum absolute atomic E-state index is 0.0368. The average Bonchev–Trinajstić information content (AvgIpc) is 3.14. The molecule has 2 aliphatic heterocycles. The van der Waals surface area contributed by atoms with Crippen molar-refractivity contribution < 1.29 is 19.2 Å². The van der Waals surface area contributed by atoms with E-state index in [4.69, 9.17) is 4.52 Å². The Balaban J connectivity index is 1.89. The number of hydrogen-bond donors (Lipinski definition) is 2. The van der Waals surface area contributed by atoms with Crippen LogP contribution in [0, 0.1) is 0 Å². The Labute approximate surface area is 145 Å². The van der Waals surface area contributed by atoms with Crippen molar-refractivity contribution in [1.29, 1.82) is 0 Å². The molecule has 2 N–H and O–H groups in total. The van der Waals surface area contributed by atoms with Gasteiger partial charge in [-0.15, -0.1) is 0 Å². The van der Waals surface area contributed by atoms with E-state index in [1.54, 1.807) is 6.07 Å². The molecule has 2 aliphatic rings. The zero-order chi connectivity index (χ0) is 17.6. The molecule has 4 rings (SSSR count). The van der Waals surface area contributed by atoms with E-state index in [-0.39, 0.29) is 5.91 Å². The highest BCUT2D eigenvalue weighted by molar-refractivity contribution is 6.02. The van der Waals surface area contributed by atoms with Crippen molar-refractivity contribution >= 4 is 28.7 Å². The smallest absolute Gasteiger partial charge is 0.408 e. The third-order valence-electron chi connectivity index (χ3n) is 5.39. The van der Waals surface area contributed by atoms with Crippen LogP contribution >= 0.6 is 0 Å². The van der Waals surface area contributed by atoms with E-state index in [9.17, 15) is 14.7 Å². The van der Waals surface area contributed by atoms with Gasteiger partial charge in [-0.3, -0.25) is 9.69 Å². The van der Waals surface area contributed by atoms with Crippen molar-refractivity contribution in [3.8, 4) is 0 Å². The quantitative estimate of drug-likeness (QED) is 0.889. The summed E-state index contributed by atoms with van der Waals surface area (Å²) in [5.74, 6) is -0.0368. The molecule has 132 valence electrons. The topological polar surface area (TPSA) is 95.7 Å². The number of nitrogens with zero attached hydrogens (tertiary/aromatic N) is 2. The number of amides is 2. The fourth-order valence-corrected chi connectivity index (χ4v) is 4.35. The molecule has 0 bridgehead atoms. The van der Waals surface area contributed by atoms with Crippen molar-refractivity contribution in [2.75, 3.05) is 11.9 Å². The van der Waals surface area contributed by atoms with Gasteiger partial charge in [0.25, 0.3) is 0 Å². The van der Waals surface area contributed by atoms with Crippen LogP contribution in [0.5, 0.6) is 0 Å². The van der Waals surface area contributed by atoms with Gasteiger partial charge in [0.05, 0.1) is 12.0 Å². The fraction of sp³-hybridized carbons (Fsp3) is 0.500. The Morgan fingerprint density at radius 3 is 3.04 bits per heavy atom. The molecule has 1 atom stereocenters. The Morgan fingerprint density at radius 1 is 1.44 bits per heavy atom. The molecular formula is C18H21N3O4. The molecule has 3 heterocycles. The number of benzene rings is 1. The molecule has 25 heavy (non-hydrogen) atoms. The lowest BCUT2D eigenvalue weighted by atomic mass is 9.79. The molecule has 0 aliphatic carbocycles. The van der Waals surface area contributed by atoms with Crippen molar-refractivity contribution in [2.24, 2.45) is 0 Å². The lowest BCUT2D eigenvalue weighted by Crippen LogP contribution is -2.52. The number of carbonyl (C=O) groups is 2. The van der Waals surface area contributed by atoms with Gasteiger partial charge in [-0.2, -0.15) is 0 Å². The number of carboxylic acid groups (broad SMARTS) is 1. The lowest BCUT2D eigenvalue weighted by molar-refractivity contribution is -0.115. The van der Waals surface area contributed by atoms with Crippen LogP contribution in [0.1, 0.15) is 50.3 Å². The molecule has 0 saturated carbocycles. The maximum absolute atomic E-state index is 11.9. The van der Waals surface area contributed by atoms with Crippen molar-refractivity contribution in [1.82, 2.24) is 10.1 Å². The van der Waals surface area contributed by atoms with Gasteiger partial charge in [0.2, 0.25) is 5.91 Å². The number of carbonyl (C=O) groups excluding carboxylic acids is 1. The first-order chi connectivity index (χ1) is 12.0. The summed E-state index contributed by atoms with van der Waals surface area (Å²) in [5, 5.41) is 17.7. The predicted molar refractivity (Wildman–Crippen MR) is 91.5 cm³/mol.